The van der Waals surface area contributed by atoms with Gasteiger partial charge in [0.1, 0.15) is 0 Å². The van der Waals surface area contributed by atoms with Crippen molar-refractivity contribution < 1.29 is 13.2 Å². The SMILES string of the molecule is Cc1ccc(S(=O)(=O)N(C)CC(=O)N2CCc3[nH]c4ccccc4c3C2)cc1. The monoisotopic (exact) mass is 397 g/mol. The Kier molecular flexibility index (Phi) is 4.72. The quantitative estimate of drug-likeness (QED) is 0.736. The van der Waals surface area contributed by atoms with E-state index in [2.05, 4.69) is 4.98 Å². The standard InChI is InChI=1S/C21H23N3O3S/c1-15-7-9-16(10-8-15)28(26,27)23(2)14-21(25)24-12-11-20-18(13-24)17-5-3-4-6-19(17)22-20/h3-10,22H,11-14H2,1-2H3. The lowest BCUT2D eigenvalue weighted by Gasteiger charge is -2.29. The molecule has 0 unspecified atom stereocenters. The predicted octanol–water partition coefficient (Wildman–Crippen LogP) is 2.68. The highest BCUT2D eigenvalue weighted by atomic mass is 32.2. The number of aromatic nitrogens is 1. The number of hydrogen-bond donors (Lipinski definition) is 1. The molecule has 1 N–H and O–H groups in total. The van der Waals surface area contributed by atoms with Gasteiger partial charge in [-0.3, -0.25) is 4.79 Å². The van der Waals surface area contributed by atoms with Crippen molar-refractivity contribution in [2.75, 3.05) is 20.1 Å². The van der Waals surface area contributed by atoms with Gasteiger partial charge in [0.2, 0.25) is 15.9 Å². The number of benzene rings is 2. The topological polar surface area (TPSA) is 73.5 Å². The first kappa shape index (κ1) is 18.7. The number of sulfonamides is 1. The summed E-state index contributed by atoms with van der Waals surface area (Å²) in [5.74, 6) is -0.186. The first-order valence-corrected chi connectivity index (χ1v) is 10.7. The number of nitrogens with one attached hydrogen (secondary N) is 1. The summed E-state index contributed by atoms with van der Waals surface area (Å²) in [5.41, 5.74) is 4.34. The summed E-state index contributed by atoms with van der Waals surface area (Å²) in [4.78, 5) is 18.2. The van der Waals surface area contributed by atoms with E-state index in [1.807, 2.05) is 31.2 Å². The molecule has 28 heavy (non-hydrogen) atoms. The van der Waals surface area contributed by atoms with Gasteiger partial charge in [0.15, 0.2) is 0 Å². The van der Waals surface area contributed by atoms with Crippen molar-refractivity contribution in [2.45, 2.75) is 24.8 Å². The van der Waals surface area contributed by atoms with E-state index in [4.69, 9.17) is 0 Å². The zero-order valence-corrected chi connectivity index (χ0v) is 16.8. The first-order valence-electron chi connectivity index (χ1n) is 9.25. The fraction of sp³-hybridized carbons (Fsp3) is 0.286. The number of carbonyl (C=O) groups is 1. The molecule has 2 aromatic carbocycles. The Labute approximate surface area is 164 Å². The van der Waals surface area contributed by atoms with Crippen molar-refractivity contribution in [3.8, 4) is 0 Å². The van der Waals surface area contributed by atoms with Crippen molar-refractivity contribution in [1.29, 1.82) is 0 Å². The van der Waals surface area contributed by atoms with Gasteiger partial charge >= 0.3 is 0 Å². The average molecular weight is 398 g/mol. The lowest BCUT2D eigenvalue weighted by Crippen LogP contribution is -2.43. The van der Waals surface area contributed by atoms with Gasteiger partial charge in [0, 0.05) is 48.7 Å². The van der Waals surface area contributed by atoms with Crippen molar-refractivity contribution in [1.82, 2.24) is 14.2 Å². The molecule has 1 amide bonds. The highest BCUT2D eigenvalue weighted by Crippen LogP contribution is 2.27. The number of nitrogens with zero attached hydrogens (tertiary/aromatic N) is 2. The van der Waals surface area contributed by atoms with E-state index in [9.17, 15) is 13.2 Å². The van der Waals surface area contributed by atoms with E-state index < -0.39 is 10.0 Å². The lowest BCUT2D eigenvalue weighted by atomic mass is 10.0. The summed E-state index contributed by atoms with van der Waals surface area (Å²) < 4.78 is 26.6. The third-order valence-corrected chi connectivity index (χ3v) is 7.14. The van der Waals surface area contributed by atoms with Crippen LogP contribution < -0.4 is 0 Å². The third kappa shape index (κ3) is 3.31. The second kappa shape index (κ2) is 7.07. The van der Waals surface area contributed by atoms with Crippen LogP contribution in [0.2, 0.25) is 0 Å². The van der Waals surface area contributed by atoms with E-state index in [-0.39, 0.29) is 17.3 Å². The Balaban J connectivity index is 1.50. The van der Waals surface area contributed by atoms with Crippen LogP contribution in [0.4, 0.5) is 0 Å². The molecule has 1 aliphatic heterocycles. The molecule has 0 atom stereocenters. The minimum Gasteiger partial charge on any atom is -0.358 e. The maximum absolute atomic E-state index is 12.8. The molecular formula is C21H23N3O3S. The minimum absolute atomic E-state index is 0.173. The molecule has 0 bridgehead atoms. The van der Waals surface area contributed by atoms with Gasteiger partial charge in [-0.05, 0) is 25.1 Å². The molecule has 0 aliphatic carbocycles. The fourth-order valence-electron chi connectivity index (χ4n) is 3.65. The second-order valence-electron chi connectivity index (χ2n) is 7.27. The number of aryl methyl sites for hydroxylation is 1. The highest BCUT2D eigenvalue weighted by molar-refractivity contribution is 7.89. The van der Waals surface area contributed by atoms with Gasteiger partial charge in [-0.1, -0.05) is 35.9 Å². The zero-order valence-electron chi connectivity index (χ0n) is 16.0. The van der Waals surface area contributed by atoms with Crippen molar-refractivity contribution in [2.24, 2.45) is 0 Å². The summed E-state index contributed by atoms with van der Waals surface area (Å²) in [6.45, 7) is 2.81. The van der Waals surface area contributed by atoms with Gasteiger partial charge in [-0.15, -0.1) is 0 Å². The van der Waals surface area contributed by atoms with Gasteiger partial charge in [-0.25, -0.2) is 8.42 Å². The van der Waals surface area contributed by atoms with Crippen molar-refractivity contribution in [3.63, 3.8) is 0 Å². The van der Waals surface area contributed by atoms with Crippen LogP contribution in [0.15, 0.2) is 53.4 Å². The summed E-state index contributed by atoms with van der Waals surface area (Å²) >= 11 is 0. The normalized spacial score (nSPS) is 14.5. The molecule has 0 spiro atoms. The largest absolute Gasteiger partial charge is 0.358 e. The molecule has 0 fully saturated rings. The maximum Gasteiger partial charge on any atom is 0.243 e. The number of carbonyl (C=O) groups excluding carboxylic acids is 1. The second-order valence-corrected chi connectivity index (χ2v) is 9.31. The highest BCUT2D eigenvalue weighted by Gasteiger charge is 2.28. The molecule has 0 saturated heterocycles. The van der Waals surface area contributed by atoms with Crippen LogP contribution in [0.1, 0.15) is 16.8 Å². The maximum atomic E-state index is 12.8. The van der Waals surface area contributed by atoms with Gasteiger partial charge in [0.25, 0.3) is 0 Å². The summed E-state index contributed by atoms with van der Waals surface area (Å²) in [7, 11) is -2.24. The number of aromatic amines is 1. The van der Waals surface area contributed by atoms with Crippen LogP contribution in [0.3, 0.4) is 0 Å². The van der Waals surface area contributed by atoms with Gasteiger partial charge < -0.3 is 9.88 Å². The molecule has 4 rings (SSSR count). The Morgan fingerprint density at radius 1 is 1.14 bits per heavy atom. The van der Waals surface area contributed by atoms with Crippen LogP contribution in [0.5, 0.6) is 0 Å². The Morgan fingerprint density at radius 3 is 2.61 bits per heavy atom. The van der Waals surface area contributed by atoms with Crippen molar-refractivity contribution in [3.05, 3.63) is 65.4 Å². The van der Waals surface area contributed by atoms with Crippen LogP contribution in [0.25, 0.3) is 10.9 Å². The van der Waals surface area contributed by atoms with Crippen LogP contribution >= 0.6 is 0 Å². The molecule has 7 heteroatoms. The predicted molar refractivity (Wildman–Crippen MR) is 108 cm³/mol. The van der Waals surface area contributed by atoms with E-state index in [1.54, 1.807) is 29.2 Å². The average Bonchev–Trinajstić information content (AvgIpc) is 3.06. The number of hydrogen-bond acceptors (Lipinski definition) is 3. The molecule has 0 radical (unpaired) electrons. The number of H-pyrrole nitrogens is 1. The molecular weight excluding hydrogens is 374 g/mol. The van der Waals surface area contributed by atoms with Crippen LogP contribution in [0, 0.1) is 6.92 Å². The van der Waals surface area contributed by atoms with Crippen LogP contribution in [-0.2, 0) is 27.8 Å². The number of rotatable bonds is 4. The summed E-state index contributed by atoms with van der Waals surface area (Å²) in [6.07, 6.45) is 0.740. The van der Waals surface area contributed by atoms with E-state index in [0.29, 0.717) is 13.1 Å². The van der Waals surface area contributed by atoms with E-state index in [0.717, 1.165) is 38.4 Å². The van der Waals surface area contributed by atoms with E-state index >= 15 is 0 Å². The minimum atomic E-state index is -3.69. The fourth-order valence-corrected chi connectivity index (χ4v) is 4.77. The lowest BCUT2D eigenvalue weighted by molar-refractivity contribution is -0.132. The zero-order chi connectivity index (χ0) is 19.9. The van der Waals surface area contributed by atoms with Gasteiger partial charge in [0.05, 0.1) is 11.4 Å². The molecule has 1 aliphatic rings. The molecule has 1 aromatic heterocycles. The Bertz CT molecular complexity index is 1130. The summed E-state index contributed by atoms with van der Waals surface area (Å²) in [5, 5.41) is 1.12. The first-order chi connectivity index (χ1) is 13.4. The smallest absolute Gasteiger partial charge is 0.243 e. The number of para-hydroxylation sites is 1. The molecule has 2 heterocycles. The Morgan fingerprint density at radius 2 is 1.86 bits per heavy atom. The summed E-state index contributed by atoms with van der Waals surface area (Å²) in [6, 6.07) is 14.7. The van der Waals surface area contributed by atoms with Gasteiger partial charge in [-0.2, -0.15) is 4.31 Å². The molecule has 6 nitrogen and oxygen atoms in total. The molecule has 3 aromatic rings. The van der Waals surface area contributed by atoms with E-state index in [1.165, 1.54) is 7.05 Å². The number of fused-ring (bicyclic) bond motifs is 3. The third-order valence-electron chi connectivity index (χ3n) is 5.32. The van der Waals surface area contributed by atoms with Crippen LogP contribution in [-0.4, -0.2) is 48.7 Å². The van der Waals surface area contributed by atoms with Crippen molar-refractivity contribution >= 4 is 26.8 Å². The number of amides is 1. The Hall–Kier alpha value is -2.64. The number of likely N-dealkylation sites (N-methyl/N-ethyl adjacent to an activating group) is 1. The molecule has 146 valence electrons. The molecule has 0 saturated carbocycles.